The number of nitrogens with one attached hydrogen (secondary N) is 3. The van der Waals surface area contributed by atoms with Crippen LogP contribution < -0.4 is 15.4 Å². The molecule has 1 aromatic heterocycles. The Balaban J connectivity index is 1.79. The molecule has 10 heteroatoms. The Labute approximate surface area is 121 Å². The summed E-state index contributed by atoms with van der Waals surface area (Å²) in [5.41, 5.74) is 0. The van der Waals surface area contributed by atoms with Crippen LogP contribution in [0.2, 0.25) is 0 Å². The zero-order valence-electron chi connectivity index (χ0n) is 11.0. The highest BCUT2D eigenvalue weighted by Gasteiger charge is 2.16. The van der Waals surface area contributed by atoms with Crippen molar-refractivity contribution in [1.29, 1.82) is 0 Å². The molecule has 8 nitrogen and oxygen atoms in total. The minimum absolute atomic E-state index is 0.126. The van der Waals surface area contributed by atoms with Gasteiger partial charge in [0.25, 0.3) is 0 Å². The van der Waals surface area contributed by atoms with Crippen molar-refractivity contribution in [3.63, 3.8) is 0 Å². The van der Waals surface area contributed by atoms with Crippen LogP contribution in [0, 0.1) is 5.92 Å². The lowest BCUT2D eigenvalue weighted by Gasteiger charge is -2.06. The molecule has 1 saturated heterocycles. The second-order valence-electron chi connectivity index (χ2n) is 4.73. The number of rotatable bonds is 6. The smallest absolute Gasteiger partial charge is 0.231 e. The number of carbonyl (C=O) groups excluding carboxylic acids is 1. The summed E-state index contributed by atoms with van der Waals surface area (Å²) < 4.78 is 24.2. The highest BCUT2D eigenvalue weighted by molar-refractivity contribution is 7.92. The van der Waals surface area contributed by atoms with Crippen LogP contribution in [0.25, 0.3) is 0 Å². The summed E-state index contributed by atoms with van der Waals surface area (Å²) >= 11 is 0.989. The molecule has 0 radical (unpaired) electrons. The van der Waals surface area contributed by atoms with E-state index >= 15 is 0 Å². The first kappa shape index (κ1) is 15.1. The Bertz CT molecular complexity index is 565. The number of anilines is 2. The average molecular weight is 319 g/mol. The van der Waals surface area contributed by atoms with Gasteiger partial charge in [-0.3, -0.25) is 9.52 Å². The summed E-state index contributed by atoms with van der Waals surface area (Å²) in [6.45, 7) is 1.98. The Hall–Kier alpha value is -1.26. The molecule has 1 atom stereocenters. The molecule has 1 unspecified atom stereocenters. The molecule has 1 aromatic rings. The van der Waals surface area contributed by atoms with Crippen LogP contribution >= 0.6 is 11.3 Å². The highest BCUT2D eigenvalue weighted by Crippen LogP contribution is 2.21. The number of nitrogens with zero attached hydrogens (tertiary/aromatic N) is 2. The van der Waals surface area contributed by atoms with Crippen molar-refractivity contribution < 1.29 is 13.2 Å². The SMILES string of the molecule is CS(=O)(=O)Nc1nnc(NC(=O)CCC2CCNC2)s1. The first-order valence-corrected chi connectivity index (χ1v) is 8.95. The fourth-order valence-electron chi connectivity index (χ4n) is 1.95. The molecule has 0 aromatic carbocycles. The lowest BCUT2D eigenvalue weighted by Crippen LogP contribution is -2.14. The van der Waals surface area contributed by atoms with Gasteiger partial charge in [0.2, 0.25) is 26.2 Å². The van der Waals surface area contributed by atoms with Gasteiger partial charge in [-0.05, 0) is 31.8 Å². The molecule has 1 amide bonds. The Morgan fingerprint density at radius 2 is 2.20 bits per heavy atom. The number of amides is 1. The first-order valence-electron chi connectivity index (χ1n) is 6.24. The van der Waals surface area contributed by atoms with Crippen LogP contribution in [0.4, 0.5) is 10.3 Å². The van der Waals surface area contributed by atoms with Gasteiger partial charge in [0.15, 0.2) is 0 Å². The normalized spacial score (nSPS) is 18.9. The molecule has 2 rings (SSSR count). The Kier molecular flexibility index (Phi) is 4.89. The van der Waals surface area contributed by atoms with E-state index < -0.39 is 10.0 Å². The van der Waals surface area contributed by atoms with Gasteiger partial charge in [-0.25, -0.2) is 8.42 Å². The van der Waals surface area contributed by atoms with Gasteiger partial charge >= 0.3 is 0 Å². The second kappa shape index (κ2) is 6.46. The van der Waals surface area contributed by atoms with E-state index in [2.05, 4.69) is 25.6 Å². The molecule has 3 N–H and O–H groups in total. The Morgan fingerprint density at radius 3 is 2.85 bits per heavy atom. The van der Waals surface area contributed by atoms with Crippen molar-refractivity contribution in [3.8, 4) is 0 Å². The molecule has 1 aliphatic heterocycles. The number of carbonyl (C=O) groups is 1. The number of sulfonamides is 1. The molecule has 2 heterocycles. The van der Waals surface area contributed by atoms with E-state index in [4.69, 9.17) is 0 Å². The fourth-order valence-corrected chi connectivity index (χ4v) is 3.44. The van der Waals surface area contributed by atoms with Crippen molar-refractivity contribution in [2.45, 2.75) is 19.3 Å². The highest BCUT2D eigenvalue weighted by atomic mass is 32.2. The molecule has 1 aliphatic rings. The van der Waals surface area contributed by atoms with E-state index in [1.807, 2.05) is 0 Å². The summed E-state index contributed by atoms with van der Waals surface area (Å²) in [4.78, 5) is 11.7. The minimum atomic E-state index is -3.38. The third kappa shape index (κ3) is 5.02. The minimum Gasteiger partial charge on any atom is -0.316 e. The molecular formula is C10H17N5O3S2. The summed E-state index contributed by atoms with van der Waals surface area (Å²) in [5, 5.41) is 13.7. The van der Waals surface area contributed by atoms with Gasteiger partial charge in [-0.15, -0.1) is 10.2 Å². The topological polar surface area (TPSA) is 113 Å². The van der Waals surface area contributed by atoms with E-state index in [1.165, 1.54) is 0 Å². The molecule has 20 heavy (non-hydrogen) atoms. The standard InChI is InChI=1S/C10H17N5O3S2/c1-20(17,18)15-10-14-13-9(19-10)12-8(16)3-2-7-4-5-11-6-7/h7,11H,2-6H2,1H3,(H,14,15)(H,12,13,16). The maximum Gasteiger partial charge on any atom is 0.231 e. The quantitative estimate of drug-likeness (QED) is 0.692. The molecule has 0 bridgehead atoms. The van der Waals surface area contributed by atoms with Gasteiger partial charge < -0.3 is 10.6 Å². The van der Waals surface area contributed by atoms with Crippen LogP contribution in [0.1, 0.15) is 19.3 Å². The zero-order chi connectivity index (χ0) is 14.6. The second-order valence-corrected chi connectivity index (χ2v) is 7.46. The summed E-state index contributed by atoms with van der Waals surface area (Å²) in [5.74, 6) is 0.427. The lowest BCUT2D eigenvalue weighted by atomic mass is 10.0. The van der Waals surface area contributed by atoms with Crippen molar-refractivity contribution in [2.24, 2.45) is 5.92 Å². The van der Waals surface area contributed by atoms with Crippen LogP contribution in [-0.2, 0) is 14.8 Å². The predicted octanol–water partition coefficient (Wildman–Crippen LogP) is 0.238. The molecule has 0 saturated carbocycles. The van der Waals surface area contributed by atoms with E-state index in [9.17, 15) is 13.2 Å². The summed E-state index contributed by atoms with van der Waals surface area (Å²) in [6, 6.07) is 0. The van der Waals surface area contributed by atoms with E-state index in [-0.39, 0.29) is 11.0 Å². The number of aromatic nitrogens is 2. The van der Waals surface area contributed by atoms with Gasteiger partial charge in [-0.1, -0.05) is 11.3 Å². The van der Waals surface area contributed by atoms with Crippen molar-refractivity contribution in [3.05, 3.63) is 0 Å². The third-order valence-corrected chi connectivity index (χ3v) is 4.33. The molecule has 0 aliphatic carbocycles. The predicted molar refractivity (Wildman–Crippen MR) is 77.2 cm³/mol. The maximum absolute atomic E-state index is 11.7. The molecular weight excluding hydrogens is 302 g/mol. The van der Waals surface area contributed by atoms with Crippen LogP contribution in [-0.4, -0.2) is 43.9 Å². The van der Waals surface area contributed by atoms with Crippen molar-refractivity contribution in [2.75, 3.05) is 29.4 Å². The number of hydrogen-bond acceptors (Lipinski definition) is 7. The molecule has 0 spiro atoms. The van der Waals surface area contributed by atoms with Crippen LogP contribution in [0.5, 0.6) is 0 Å². The van der Waals surface area contributed by atoms with Crippen molar-refractivity contribution in [1.82, 2.24) is 15.5 Å². The van der Waals surface area contributed by atoms with E-state index in [0.29, 0.717) is 17.5 Å². The Morgan fingerprint density at radius 1 is 1.45 bits per heavy atom. The van der Waals surface area contributed by atoms with Gasteiger partial charge in [0, 0.05) is 6.42 Å². The summed E-state index contributed by atoms with van der Waals surface area (Å²) in [7, 11) is -3.38. The van der Waals surface area contributed by atoms with Crippen LogP contribution in [0.15, 0.2) is 0 Å². The van der Waals surface area contributed by atoms with E-state index in [1.54, 1.807) is 0 Å². The fraction of sp³-hybridized carbons (Fsp3) is 0.700. The largest absolute Gasteiger partial charge is 0.316 e. The monoisotopic (exact) mass is 319 g/mol. The summed E-state index contributed by atoms with van der Waals surface area (Å²) in [6.07, 6.45) is 3.41. The zero-order valence-corrected chi connectivity index (χ0v) is 12.7. The maximum atomic E-state index is 11.7. The average Bonchev–Trinajstić information content (AvgIpc) is 2.96. The lowest BCUT2D eigenvalue weighted by molar-refractivity contribution is -0.116. The van der Waals surface area contributed by atoms with Crippen LogP contribution in [0.3, 0.4) is 0 Å². The third-order valence-electron chi connectivity index (χ3n) is 2.89. The van der Waals surface area contributed by atoms with Gasteiger partial charge in [-0.2, -0.15) is 0 Å². The van der Waals surface area contributed by atoms with Gasteiger partial charge in [0.05, 0.1) is 6.26 Å². The van der Waals surface area contributed by atoms with E-state index in [0.717, 1.165) is 43.5 Å². The molecule has 1 fully saturated rings. The number of hydrogen-bond donors (Lipinski definition) is 3. The van der Waals surface area contributed by atoms with Gasteiger partial charge in [0.1, 0.15) is 0 Å². The van der Waals surface area contributed by atoms with Crippen molar-refractivity contribution >= 4 is 37.5 Å². The molecule has 112 valence electrons. The first-order chi connectivity index (χ1) is 9.42.